The number of carbonyl (C=O) groups excluding carboxylic acids is 2. The van der Waals surface area contributed by atoms with Gasteiger partial charge in [-0.05, 0) is 77.0 Å². The minimum atomic E-state index is -5.14. The Balaban J connectivity index is 2.46. The van der Waals surface area contributed by atoms with Crippen LogP contribution in [0.2, 0.25) is 0 Å². The van der Waals surface area contributed by atoms with E-state index in [0.29, 0.717) is 19.3 Å². The molecule has 0 amide bonds. The Labute approximate surface area is 391 Å². The van der Waals surface area contributed by atoms with Crippen molar-refractivity contribution in [2.75, 3.05) is 13.2 Å². The second-order valence-electron chi connectivity index (χ2n) is 16.9. The highest BCUT2D eigenvalue weighted by Gasteiger charge is 2.51. The SMILES string of the molecule is CC/C=C/C/C=C/C/C=C/C/C=C/C/C=C/CCCC(=O)OC[C@H](COP(=O)(O)OC1C(O)C(O)C(O)[C@@H](O)C1O)OC(=O)CCCCCCCCCCC/C=C/CCCCCCCC. The number of hydrogen-bond donors (Lipinski definition) is 6. The van der Waals surface area contributed by atoms with Crippen LogP contribution in [0.4, 0.5) is 0 Å². The smallest absolute Gasteiger partial charge is 0.462 e. The molecule has 0 bridgehead atoms. The third kappa shape index (κ3) is 32.6. The summed E-state index contributed by atoms with van der Waals surface area (Å²) in [6.45, 7) is 3.14. The Morgan fingerprint density at radius 1 is 0.492 bits per heavy atom. The van der Waals surface area contributed by atoms with Gasteiger partial charge in [0.2, 0.25) is 0 Å². The van der Waals surface area contributed by atoms with E-state index < -0.39 is 75.7 Å². The van der Waals surface area contributed by atoms with Crippen LogP contribution in [0.1, 0.15) is 181 Å². The van der Waals surface area contributed by atoms with Gasteiger partial charge in [0.05, 0.1) is 6.61 Å². The third-order valence-electron chi connectivity index (χ3n) is 11.0. The molecule has 65 heavy (non-hydrogen) atoms. The van der Waals surface area contributed by atoms with Crippen LogP contribution in [0.25, 0.3) is 0 Å². The fourth-order valence-corrected chi connectivity index (χ4v) is 8.05. The topological polar surface area (TPSA) is 210 Å². The minimum Gasteiger partial charge on any atom is -0.462 e. The van der Waals surface area contributed by atoms with Gasteiger partial charge in [-0.3, -0.25) is 18.6 Å². The van der Waals surface area contributed by atoms with E-state index in [1.807, 2.05) is 12.2 Å². The van der Waals surface area contributed by atoms with E-state index in [2.05, 4.69) is 74.6 Å². The average molecular weight is 939 g/mol. The number of aliphatic hydroxyl groups is 5. The van der Waals surface area contributed by atoms with E-state index in [0.717, 1.165) is 64.2 Å². The van der Waals surface area contributed by atoms with Crippen molar-refractivity contribution in [2.45, 2.75) is 224 Å². The molecule has 13 nitrogen and oxygen atoms in total. The Kier molecular flexibility index (Phi) is 37.5. The molecule has 1 rings (SSSR count). The first kappa shape index (κ1) is 60.3. The monoisotopic (exact) mass is 939 g/mol. The van der Waals surface area contributed by atoms with E-state index in [9.17, 15) is 44.6 Å². The molecule has 0 aromatic rings. The zero-order chi connectivity index (χ0) is 47.8. The van der Waals surface area contributed by atoms with Crippen LogP contribution < -0.4 is 0 Å². The van der Waals surface area contributed by atoms with Crippen molar-refractivity contribution in [3.63, 3.8) is 0 Å². The summed E-state index contributed by atoms with van der Waals surface area (Å²) in [7, 11) is -5.14. The number of carbonyl (C=O) groups is 2. The van der Waals surface area contributed by atoms with Gasteiger partial charge in [-0.25, -0.2) is 4.57 Å². The lowest BCUT2D eigenvalue weighted by atomic mass is 9.85. The van der Waals surface area contributed by atoms with E-state index in [1.165, 1.54) is 70.6 Å². The summed E-state index contributed by atoms with van der Waals surface area (Å²) in [6.07, 6.45) is 38.1. The molecule has 0 aliphatic heterocycles. The molecule has 1 saturated carbocycles. The fourth-order valence-electron chi connectivity index (χ4n) is 7.08. The summed E-state index contributed by atoms with van der Waals surface area (Å²) in [5.41, 5.74) is 0. The maximum Gasteiger partial charge on any atom is 0.472 e. The van der Waals surface area contributed by atoms with Gasteiger partial charge in [0.25, 0.3) is 0 Å². The predicted molar refractivity (Wildman–Crippen MR) is 258 cm³/mol. The Bertz CT molecular complexity index is 1410. The largest absolute Gasteiger partial charge is 0.472 e. The van der Waals surface area contributed by atoms with Crippen LogP contribution in [0, 0.1) is 0 Å². The average Bonchev–Trinajstić information content (AvgIpc) is 3.29. The number of hydrogen-bond acceptors (Lipinski definition) is 12. The molecule has 374 valence electrons. The van der Waals surface area contributed by atoms with Crippen molar-refractivity contribution in [3.05, 3.63) is 72.9 Å². The van der Waals surface area contributed by atoms with Crippen LogP contribution in [0.15, 0.2) is 72.9 Å². The Morgan fingerprint density at radius 3 is 1.40 bits per heavy atom. The van der Waals surface area contributed by atoms with Gasteiger partial charge in [-0.2, -0.15) is 0 Å². The van der Waals surface area contributed by atoms with Gasteiger partial charge in [-0.15, -0.1) is 0 Å². The first-order valence-corrected chi connectivity index (χ1v) is 26.2. The fraction of sp³-hybridized carbons (Fsp3) is 0.725. The zero-order valence-electron chi connectivity index (χ0n) is 39.8. The molecule has 0 radical (unpaired) electrons. The van der Waals surface area contributed by atoms with Crippen molar-refractivity contribution < 1.29 is 63.1 Å². The van der Waals surface area contributed by atoms with Gasteiger partial charge in [0.1, 0.15) is 43.2 Å². The lowest BCUT2D eigenvalue weighted by Crippen LogP contribution is -2.64. The van der Waals surface area contributed by atoms with Crippen LogP contribution in [0.5, 0.6) is 0 Å². The van der Waals surface area contributed by atoms with E-state index >= 15 is 0 Å². The number of allylic oxidation sites excluding steroid dienone is 12. The lowest BCUT2D eigenvalue weighted by molar-refractivity contribution is -0.220. The first-order chi connectivity index (χ1) is 31.4. The van der Waals surface area contributed by atoms with Crippen molar-refractivity contribution in [1.29, 1.82) is 0 Å². The molecule has 14 heteroatoms. The van der Waals surface area contributed by atoms with Crippen molar-refractivity contribution in [1.82, 2.24) is 0 Å². The van der Waals surface area contributed by atoms with E-state index in [1.54, 1.807) is 0 Å². The van der Waals surface area contributed by atoms with Gasteiger partial charge in [-0.1, -0.05) is 164 Å². The third-order valence-corrected chi connectivity index (χ3v) is 12.0. The molecule has 6 unspecified atom stereocenters. The van der Waals surface area contributed by atoms with Crippen LogP contribution in [-0.4, -0.2) is 98.3 Å². The van der Waals surface area contributed by atoms with Gasteiger partial charge in [0.15, 0.2) is 6.10 Å². The quantitative estimate of drug-likeness (QED) is 0.0146. The number of ether oxygens (including phenoxy) is 2. The van der Waals surface area contributed by atoms with Gasteiger partial charge >= 0.3 is 19.8 Å². The molecule has 0 spiro atoms. The summed E-state index contributed by atoms with van der Waals surface area (Å²) in [4.78, 5) is 35.8. The second kappa shape index (κ2) is 40.4. The number of esters is 2. The Hall–Kier alpha value is -2.71. The molecule has 0 aromatic heterocycles. The molecule has 1 aliphatic carbocycles. The molecule has 8 atom stereocenters. The summed E-state index contributed by atoms with van der Waals surface area (Å²) in [6, 6.07) is 0. The number of rotatable bonds is 40. The van der Waals surface area contributed by atoms with Gasteiger partial charge in [0, 0.05) is 12.8 Å². The van der Waals surface area contributed by atoms with Crippen molar-refractivity contribution >= 4 is 19.8 Å². The minimum absolute atomic E-state index is 0.0793. The van der Waals surface area contributed by atoms with Crippen LogP contribution >= 0.6 is 7.82 Å². The normalized spacial score (nSPS) is 22.0. The molecule has 0 saturated heterocycles. The molecule has 0 aromatic carbocycles. The maximum absolute atomic E-state index is 12.8. The second-order valence-corrected chi connectivity index (χ2v) is 18.3. The number of aliphatic hydroxyl groups excluding tert-OH is 5. The van der Waals surface area contributed by atoms with E-state index in [-0.39, 0.29) is 12.8 Å². The number of phosphoric acid groups is 1. The summed E-state index contributed by atoms with van der Waals surface area (Å²) < 4.78 is 33.5. The summed E-state index contributed by atoms with van der Waals surface area (Å²) in [5, 5.41) is 50.2. The standard InChI is InChI=1S/C51H87O13P/c1-3-5-7-9-11-13-15-17-19-21-22-24-26-28-30-32-34-36-38-40-45(53)63-43(42-62-65(59,60)64-51-49(57)47(55)46(54)48(56)50(51)58)41-61-44(52)39-37-35-33-31-29-27-25-23-20-18-16-14-12-10-8-6-4-2/h6,8,12,14,17-20,25,27,31,33,43,46-51,54-58H,3-5,7,9-11,13,15-16,21-24,26,28-30,32,34-42H2,1-2H3,(H,59,60)/b8-6+,14-12+,19-17+,20-18+,27-25+,33-31+/t43-,46?,47-,48?,49?,50?,51?/m1/s1. The molecular weight excluding hydrogens is 852 g/mol. The highest BCUT2D eigenvalue weighted by Crippen LogP contribution is 2.47. The molecule has 6 N–H and O–H groups in total. The number of phosphoric ester groups is 1. The summed E-state index contributed by atoms with van der Waals surface area (Å²) in [5.74, 6) is -1.17. The maximum atomic E-state index is 12.8. The van der Waals surface area contributed by atoms with Crippen molar-refractivity contribution in [2.24, 2.45) is 0 Å². The first-order valence-electron chi connectivity index (χ1n) is 24.7. The van der Waals surface area contributed by atoms with E-state index in [4.69, 9.17) is 18.5 Å². The Morgan fingerprint density at radius 2 is 0.892 bits per heavy atom. The molecular formula is C51H87O13P. The highest BCUT2D eigenvalue weighted by atomic mass is 31.2. The molecule has 0 heterocycles. The summed E-state index contributed by atoms with van der Waals surface area (Å²) >= 11 is 0. The van der Waals surface area contributed by atoms with Crippen LogP contribution in [-0.2, 0) is 32.7 Å². The molecule has 1 fully saturated rings. The number of unbranched alkanes of at least 4 members (excludes halogenated alkanes) is 16. The predicted octanol–water partition coefficient (Wildman–Crippen LogP) is 10.3. The highest BCUT2D eigenvalue weighted by molar-refractivity contribution is 7.47. The van der Waals surface area contributed by atoms with Crippen LogP contribution in [0.3, 0.4) is 0 Å². The van der Waals surface area contributed by atoms with Gasteiger partial charge < -0.3 is 39.9 Å². The lowest BCUT2D eigenvalue weighted by Gasteiger charge is -2.41. The van der Waals surface area contributed by atoms with Crippen molar-refractivity contribution in [3.8, 4) is 0 Å². The molecule has 1 aliphatic rings. The zero-order valence-corrected chi connectivity index (χ0v) is 40.7.